The van der Waals surface area contributed by atoms with E-state index in [2.05, 4.69) is 17.5 Å². The molecule has 1 heterocycles. The van der Waals surface area contributed by atoms with Gasteiger partial charge in [0.25, 0.3) is 0 Å². The summed E-state index contributed by atoms with van der Waals surface area (Å²) in [6, 6.07) is 9.39. The molecular formula is C15H16N4O. The molecule has 1 unspecified atom stereocenters. The topological polar surface area (TPSA) is 79.9 Å². The van der Waals surface area contributed by atoms with Crippen LogP contribution in [-0.2, 0) is 4.79 Å². The maximum Gasteiger partial charge on any atom is 0.224 e. The minimum absolute atomic E-state index is 0.0163. The zero-order valence-electron chi connectivity index (χ0n) is 11.4. The molecule has 1 N–H and O–H groups in total. The van der Waals surface area contributed by atoms with Crippen molar-refractivity contribution in [2.24, 2.45) is 5.92 Å². The number of nitriles is 2. The van der Waals surface area contributed by atoms with Gasteiger partial charge in [-0.15, -0.1) is 0 Å². The predicted molar refractivity (Wildman–Crippen MR) is 74.9 cm³/mol. The van der Waals surface area contributed by atoms with E-state index >= 15 is 0 Å². The van der Waals surface area contributed by atoms with Crippen molar-refractivity contribution in [1.82, 2.24) is 5.32 Å². The van der Waals surface area contributed by atoms with Crippen LogP contribution < -0.4 is 10.2 Å². The molecule has 0 saturated carbocycles. The van der Waals surface area contributed by atoms with Crippen molar-refractivity contribution < 1.29 is 4.79 Å². The molecule has 0 radical (unpaired) electrons. The molecule has 1 atom stereocenters. The first-order chi connectivity index (χ1) is 9.71. The van der Waals surface area contributed by atoms with Gasteiger partial charge in [-0.1, -0.05) is 6.07 Å². The van der Waals surface area contributed by atoms with Crippen LogP contribution in [0.5, 0.6) is 0 Å². The van der Waals surface area contributed by atoms with Gasteiger partial charge in [-0.25, -0.2) is 0 Å². The van der Waals surface area contributed by atoms with Gasteiger partial charge in [0.05, 0.1) is 22.7 Å². The van der Waals surface area contributed by atoms with E-state index in [1.807, 2.05) is 4.90 Å². The number of hydrogen-bond acceptors (Lipinski definition) is 4. The summed E-state index contributed by atoms with van der Waals surface area (Å²) in [5, 5.41) is 21.1. The summed E-state index contributed by atoms with van der Waals surface area (Å²) < 4.78 is 0. The fourth-order valence-electron chi connectivity index (χ4n) is 2.66. The number of carbonyl (C=O) groups excluding carboxylic acids is 1. The molecular weight excluding hydrogens is 252 g/mol. The summed E-state index contributed by atoms with van der Waals surface area (Å²) in [4.78, 5) is 13.8. The quantitative estimate of drug-likeness (QED) is 0.879. The second-order valence-electron chi connectivity index (χ2n) is 4.82. The van der Waals surface area contributed by atoms with Gasteiger partial charge in [0, 0.05) is 20.1 Å². The number of para-hydroxylation sites is 1. The number of rotatable bonds is 2. The maximum absolute atomic E-state index is 11.8. The van der Waals surface area contributed by atoms with E-state index in [1.54, 1.807) is 25.2 Å². The van der Waals surface area contributed by atoms with Crippen LogP contribution in [0.2, 0.25) is 0 Å². The number of amides is 1. The minimum atomic E-state index is -0.0907. The second-order valence-corrected chi connectivity index (χ2v) is 4.82. The Balaban J connectivity index is 2.34. The van der Waals surface area contributed by atoms with Crippen molar-refractivity contribution in [2.45, 2.75) is 12.8 Å². The molecule has 20 heavy (non-hydrogen) atoms. The van der Waals surface area contributed by atoms with Crippen molar-refractivity contribution >= 4 is 11.6 Å². The Morgan fingerprint density at radius 3 is 2.55 bits per heavy atom. The summed E-state index contributed by atoms with van der Waals surface area (Å²) in [5.74, 6) is -0.0744. The second kappa shape index (κ2) is 6.08. The number of nitrogens with zero attached hydrogens (tertiary/aromatic N) is 3. The Hall–Kier alpha value is -2.53. The molecule has 1 fully saturated rings. The average molecular weight is 268 g/mol. The highest BCUT2D eigenvalue weighted by Crippen LogP contribution is 2.29. The summed E-state index contributed by atoms with van der Waals surface area (Å²) in [5.41, 5.74) is 1.63. The molecule has 2 rings (SSSR count). The lowest BCUT2D eigenvalue weighted by atomic mass is 9.95. The van der Waals surface area contributed by atoms with Gasteiger partial charge in [-0.3, -0.25) is 4.79 Å². The molecule has 5 heteroatoms. The lowest BCUT2D eigenvalue weighted by Crippen LogP contribution is -2.42. The van der Waals surface area contributed by atoms with E-state index in [4.69, 9.17) is 0 Å². The van der Waals surface area contributed by atoms with Crippen LogP contribution in [0, 0.1) is 28.6 Å². The van der Waals surface area contributed by atoms with Gasteiger partial charge in [0.2, 0.25) is 5.91 Å². The highest BCUT2D eigenvalue weighted by atomic mass is 16.1. The van der Waals surface area contributed by atoms with Crippen LogP contribution in [0.15, 0.2) is 18.2 Å². The van der Waals surface area contributed by atoms with E-state index in [9.17, 15) is 15.3 Å². The van der Waals surface area contributed by atoms with Crippen LogP contribution in [0.4, 0.5) is 5.69 Å². The third-order valence-corrected chi connectivity index (χ3v) is 3.63. The van der Waals surface area contributed by atoms with Crippen LogP contribution >= 0.6 is 0 Å². The first-order valence-corrected chi connectivity index (χ1v) is 6.61. The highest BCUT2D eigenvalue weighted by molar-refractivity contribution is 5.80. The van der Waals surface area contributed by atoms with Crippen LogP contribution in [0.25, 0.3) is 0 Å². The molecule has 1 aliphatic rings. The fourth-order valence-corrected chi connectivity index (χ4v) is 2.66. The first-order valence-electron chi connectivity index (χ1n) is 6.61. The van der Waals surface area contributed by atoms with Gasteiger partial charge >= 0.3 is 0 Å². The molecule has 102 valence electrons. The summed E-state index contributed by atoms with van der Waals surface area (Å²) in [6.07, 6.45) is 1.72. The number of benzene rings is 1. The highest BCUT2D eigenvalue weighted by Gasteiger charge is 2.27. The van der Waals surface area contributed by atoms with E-state index in [0.717, 1.165) is 19.4 Å². The van der Waals surface area contributed by atoms with Crippen LogP contribution in [0.3, 0.4) is 0 Å². The summed E-state index contributed by atoms with van der Waals surface area (Å²) in [6.45, 7) is 1.31. The van der Waals surface area contributed by atoms with Gasteiger partial charge < -0.3 is 10.2 Å². The number of anilines is 1. The van der Waals surface area contributed by atoms with Gasteiger partial charge in [-0.2, -0.15) is 10.5 Å². The van der Waals surface area contributed by atoms with Crippen LogP contribution in [0.1, 0.15) is 24.0 Å². The Kier molecular flexibility index (Phi) is 4.22. The Bertz CT molecular complexity index is 565. The van der Waals surface area contributed by atoms with Crippen molar-refractivity contribution in [3.8, 4) is 12.1 Å². The molecule has 0 bridgehead atoms. The fraction of sp³-hybridized carbons (Fsp3) is 0.400. The zero-order chi connectivity index (χ0) is 14.5. The molecule has 0 aliphatic carbocycles. The summed E-state index contributed by atoms with van der Waals surface area (Å²) in [7, 11) is 1.63. The molecule has 1 aliphatic heterocycles. The monoisotopic (exact) mass is 268 g/mol. The van der Waals surface area contributed by atoms with E-state index in [1.165, 1.54) is 0 Å². The normalized spacial score (nSPS) is 17.9. The van der Waals surface area contributed by atoms with E-state index in [-0.39, 0.29) is 11.8 Å². The molecule has 1 saturated heterocycles. The van der Waals surface area contributed by atoms with Crippen molar-refractivity contribution in [2.75, 3.05) is 25.0 Å². The van der Waals surface area contributed by atoms with E-state index in [0.29, 0.717) is 23.4 Å². The molecule has 5 nitrogen and oxygen atoms in total. The number of piperidine rings is 1. The van der Waals surface area contributed by atoms with Crippen molar-refractivity contribution in [3.05, 3.63) is 29.3 Å². The first kappa shape index (κ1) is 13.9. The standard InChI is InChI=1S/C15H16N4O/c1-18-15(20)13-6-3-7-19(10-13)14-11(8-16)4-2-5-12(14)9-17/h2,4-5,13H,3,6-7,10H2,1H3,(H,18,20). The molecule has 1 amide bonds. The zero-order valence-corrected chi connectivity index (χ0v) is 11.4. The summed E-state index contributed by atoms with van der Waals surface area (Å²) >= 11 is 0. The molecule has 0 spiro atoms. The molecule has 1 aromatic carbocycles. The SMILES string of the molecule is CNC(=O)C1CCCN(c2c(C#N)cccc2C#N)C1. The number of hydrogen-bond donors (Lipinski definition) is 1. The average Bonchev–Trinajstić information content (AvgIpc) is 2.53. The maximum atomic E-state index is 11.8. The van der Waals surface area contributed by atoms with Crippen LogP contribution in [-0.4, -0.2) is 26.0 Å². The van der Waals surface area contributed by atoms with Crippen molar-refractivity contribution in [3.63, 3.8) is 0 Å². The molecule has 1 aromatic rings. The van der Waals surface area contributed by atoms with Gasteiger partial charge in [-0.05, 0) is 25.0 Å². The third-order valence-electron chi connectivity index (χ3n) is 3.63. The molecule has 0 aromatic heterocycles. The Morgan fingerprint density at radius 1 is 1.35 bits per heavy atom. The number of nitrogens with one attached hydrogen (secondary N) is 1. The van der Waals surface area contributed by atoms with Crippen molar-refractivity contribution in [1.29, 1.82) is 10.5 Å². The Morgan fingerprint density at radius 2 is 2.00 bits per heavy atom. The number of carbonyl (C=O) groups is 1. The Labute approximate surface area is 118 Å². The smallest absolute Gasteiger partial charge is 0.224 e. The van der Waals surface area contributed by atoms with Gasteiger partial charge in [0.15, 0.2) is 0 Å². The van der Waals surface area contributed by atoms with Gasteiger partial charge in [0.1, 0.15) is 12.1 Å². The third kappa shape index (κ3) is 2.57. The minimum Gasteiger partial charge on any atom is -0.369 e. The lowest BCUT2D eigenvalue weighted by Gasteiger charge is -2.34. The lowest BCUT2D eigenvalue weighted by molar-refractivity contribution is -0.124. The van der Waals surface area contributed by atoms with E-state index < -0.39 is 0 Å². The predicted octanol–water partition coefficient (Wildman–Crippen LogP) is 1.39. The largest absolute Gasteiger partial charge is 0.369 e.